The molecule has 0 aliphatic heterocycles. The van der Waals surface area contributed by atoms with Gasteiger partial charge in [0.15, 0.2) is 6.10 Å². The highest BCUT2D eigenvalue weighted by Crippen LogP contribution is 2.38. The molecule has 10 heteroatoms. The number of unbranched alkanes of at least 4 members (excludes halogenated alkanes) is 21. The van der Waals surface area contributed by atoms with Crippen LogP contribution in [0.4, 0.5) is 0 Å². The molecule has 1 unspecified atom stereocenters. The third kappa shape index (κ3) is 41.9. The quantitative estimate of drug-likeness (QED) is 0.0197. The van der Waals surface area contributed by atoms with Crippen molar-refractivity contribution in [3.63, 3.8) is 0 Å². The van der Waals surface area contributed by atoms with E-state index >= 15 is 0 Å². The normalized spacial score (nSPS) is 13.9. The Balaban J connectivity index is 4.36. The second-order valence-electron chi connectivity index (χ2n) is 16.4. The molecular weight excluding hydrogens is 725 g/mol. The van der Waals surface area contributed by atoms with Crippen LogP contribution in [0.25, 0.3) is 0 Å². The van der Waals surface area contributed by atoms with Crippen LogP contribution in [0.3, 0.4) is 0 Å². The van der Waals surface area contributed by atoms with Crippen molar-refractivity contribution in [2.45, 2.75) is 200 Å². The summed E-state index contributed by atoms with van der Waals surface area (Å²) in [7, 11) is 1.15. The van der Waals surface area contributed by atoms with Crippen LogP contribution in [-0.4, -0.2) is 70.0 Å². The van der Waals surface area contributed by atoms with E-state index in [1.807, 2.05) is 21.1 Å². The number of phosphoric acid groups is 1. The van der Waals surface area contributed by atoms with E-state index in [0.717, 1.165) is 70.6 Å². The zero-order chi connectivity index (χ0) is 41.4. The van der Waals surface area contributed by atoms with Crippen molar-refractivity contribution < 1.29 is 42.1 Å². The number of rotatable bonds is 41. The van der Waals surface area contributed by atoms with Gasteiger partial charge in [-0.3, -0.25) is 14.2 Å². The minimum absolute atomic E-state index is 0.0338. The average molecular weight is 812 g/mol. The number of likely N-dealkylation sites (N-methyl/N-ethyl adjacent to an activating group) is 1. The number of ether oxygens (including phenoxy) is 2. The van der Waals surface area contributed by atoms with E-state index in [2.05, 4.69) is 50.3 Å². The van der Waals surface area contributed by atoms with Crippen LogP contribution < -0.4 is 4.89 Å². The smallest absolute Gasteiger partial charge is 0.306 e. The van der Waals surface area contributed by atoms with Crippen molar-refractivity contribution in [2.24, 2.45) is 0 Å². The molecular formula is C46H86NO8P. The lowest BCUT2D eigenvalue weighted by Crippen LogP contribution is -2.37. The Morgan fingerprint density at radius 1 is 0.554 bits per heavy atom. The third-order valence-electron chi connectivity index (χ3n) is 9.63. The van der Waals surface area contributed by atoms with Crippen molar-refractivity contribution in [1.82, 2.24) is 0 Å². The van der Waals surface area contributed by atoms with Crippen molar-refractivity contribution in [3.8, 4) is 0 Å². The Bertz CT molecular complexity index is 1050. The molecule has 0 bridgehead atoms. The summed E-state index contributed by atoms with van der Waals surface area (Å²) >= 11 is 0. The predicted octanol–water partition coefficient (Wildman–Crippen LogP) is 12.3. The van der Waals surface area contributed by atoms with E-state index in [1.165, 1.54) is 89.9 Å². The maximum atomic E-state index is 12.7. The van der Waals surface area contributed by atoms with Gasteiger partial charge in [-0.15, -0.1) is 0 Å². The van der Waals surface area contributed by atoms with E-state index in [1.54, 1.807) is 0 Å². The molecule has 0 radical (unpaired) electrons. The lowest BCUT2D eigenvalue weighted by atomic mass is 10.1. The van der Waals surface area contributed by atoms with Crippen molar-refractivity contribution in [2.75, 3.05) is 47.5 Å². The summed E-state index contributed by atoms with van der Waals surface area (Å²) in [5.74, 6) is -0.851. The fraction of sp³-hybridized carbons (Fsp3) is 0.826. The summed E-state index contributed by atoms with van der Waals surface area (Å²) < 4.78 is 33.9. The van der Waals surface area contributed by atoms with Gasteiger partial charge in [-0.05, 0) is 70.6 Å². The highest BCUT2D eigenvalue weighted by molar-refractivity contribution is 7.45. The molecule has 2 atom stereocenters. The van der Waals surface area contributed by atoms with Crippen LogP contribution in [0, 0.1) is 0 Å². The fourth-order valence-electron chi connectivity index (χ4n) is 6.03. The van der Waals surface area contributed by atoms with E-state index in [4.69, 9.17) is 18.5 Å². The van der Waals surface area contributed by atoms with Crippen molar-refractivity contribution in [3.05, 3.63) is 36.5 Å². The van der Waals surface area contributed by atoms with E-state index in [0.29, 0.717) is 17.4 Å². The second kappa shape index (κ2) is 38.7. The van der Waals surface area contributed by atoms with Gasteiger partial charge < -0.3 is 27.9 Å². The molecule has 0 aromatic carbocycles. The second-order valence-corrected chi connectivity index (χ2v) is 17.8. The summed E-state index contributed by atoms with van der Waals surface area (Å²) in [5.41, 5.74) is 0. The molecule has 0 amide bonds. The Labute approximate surface area is 344 Å². The first-order valence-electron chi connectivity index (χ1n) is 22.7. The highest BCUT2D eigenvalue weighted by Gasteiger charge is 2.21. The average Bonchev–Trinajstić information content (AvgIpc) is 3.15. The van der Waals surface area contributed by atoms with Crippen LogP contribution in [0.2, 0.25) is 0 Å². The number of quaternary nitrogens is 1. The molecule has 0 aliphatic rings. The number of nitrogens with zero attached hydrogens (tertiary/aromatic N) is 1. The van der Waals surface area contributed by atoms with E-state index in [9.17, 15) is 19.0 Å². The van der Waals surface area contributed by atoms with Crippen molar-refractivity contribution in [1.29, 1.82) is 0 Å². The number of carbonyl (C=O) groups excluding carboxylic acids is 2. The predicted molar refractivity (Wildman–Crippen MR) is 231 cm³/mol. The Morgan fingerprint density at radius 3 is 1.46 bits per heavy atom. The van der Waals surface area contributed by atoms with Gasteiger partial charge in [0.25, 0.3) is 7.82 Å². The maximum absolute atomic E-state index is 12.7. The van der Waals surface area contributed by atoms with Crippen LogP contribution >= 0.6 is 7.82 Å². The number of esters is 2. The zero-order valence-electron chi connectivity index (χ0n) is 36.8. The first-order chi connectivity index (χ1) is 27.0. The standard InChI is InChI=1S/C46H86NO8P/c1-6-8-10-12-14-16-18-20-22-23-25-26-28-30-32-34-36-38-45(48)52-42-44(43-54-56(50,51)53-41-40-47(3,4)5)55-46(49)39-37-35-33-31-29-27-24-21-19-17-15-13-11-9-7-2/h14,16,20-22,24,44H,6-13,15,17-19,23,25-43H2,1-5H3/b16-14+,22-20+,24-21+/t44-/m1/s1. The Hall–Kier alpha value is -1.77. The summed E-state index contributed by atoms with van der Waals surface area (Å²) in [5, 5.41) is 0. The maximum Gasteiger partial charge on any atom is 0.306 e. The summed E-state index contributed by atoms with van der Waals surface area (Å²) in [4.78, 5) is 37.5. The number of carbonyl (C=O) groups is 2. The third-order valence-corrected chi connectivity index (χ3v) is 10.6. The Morgan fingerprint density at radius 2 is 0.964 bits per heavy atom. The van der Waals surface area contributed by atoms with Crippen LogP contribution in [0.1, 0.15) is 194 Å². The molecule has 0 saturated carbocycles. The van der Waals surface area contributed by atoms with Crippen molar-refractivity contribution >= 4 is 19.8 Å². The number of allylic oxidation sites excluding steroid dienone is 6. The molecule has 0 fully saturated rings. The van der Waals surface area contributed by atoms with E-state index in [-0.39, 0.29) is 26.1 Å². The minimum atomic E-state index is -4.63. The minimum Gasteiger partial charge on any atom is -0.756 e. The first-order valence-corrected chi connectivity index (χ1v) is 24.2. The molecule has 0 aromatic rings. The van der Waals surface area contributed by atoms with Gasteiger partial charge in [-0.25, -0.2) is 0 Å². The lowest BCUT2D eigenvalue weighted by Gasteiger charge is -2.28. The molecule has 56 heavy (non-hydrogen) atoms. The molecule has 0 spiro atoms. The molecule has 0 saturated heterocycles. The summed E-state index contributed by atoms with van der Waals surface area (Å²) in [6, 6.07) is 0. The highest BCUT2D eigenvalue weighted by atomic mass is 31.2. The van der Waals surface area contributed by atoms with Gasteiger partial charge >= 0.3 is 11.9 Å². The zero-order valence-corrected chi connectivity index (χ0v) is 37.7. The van der Waals surface area contributed by atoms with Crippen LogP contribution in [-0.2, 0) is 32.7 Å². The number of hydrogen-bond acceptors (Lipinski definition) is 8. The number of phosphoric ester groups is 1. The first kappa shape index (κ1) is 54.2. The topological polar surface area (TPSA) is 111 Å². The largest absolute Gasteiger partial charge is 0.756 e. The number of hydrogen-bond donors (Lipinski definition) is 0. The van der Waals surface area contributed by atoms with E-state index < -0.39 is 32.5 Å². The summed E-state index contributed by atoms with van der Waals surface area (Å²) in [6.45, 7) is 4.18. The van der Waals surface area contributed by atoms with Gasteiger partial charge in [0.1, 0.15) is 19.8 Å². The molecule has 9 nitrogen and oxygen atoms in total. The SMILES string of the molecule is CCCCC/C=C/C/C=C/CCCCCCCCCC(=O)OC[C@H](COP(=O)([O-])OCC[N+](C)(C)C)OC(=O)CCCCCCC/C=C/CCCCCCCC. The van der Waals surface area contributed by atoms with Crippen LogP contribution in [0.5, 0.6) is 0 Å². The monoisotopic (exact) mass is 812 g/mol. The molecule has 0 heterocycles. The van der Waals surface area contributed by atoms with Gasteiger partial charge in [0.05, 0.1) is 27.7 Å². The van der Waals surface area contributed by atoms with Crippen LogP contribution in [0.15, 0.2) is 36.5 Å². The molecule has 0 rings (SSSR count). The van der Waals surface area contributed by atoms with Gasteiger partial charge in [-0.2, -0.15) is 0 Å². The van der Waals surface area contributed by atoms with Gasteiger partial charge in [0, 0.05) is 12.8 Å². The molecule has 0 aromatic heterocycles. The summed E-state index contributed by atoms with van der Waals surface area (Å²) in [6.07, 6.45) is 43.0. The molecule has 328 valence electrons. The lowest BCUT2D eigenvalue weighted by molar-refractivity contribution is -0.870. The fourth-order valence-corrected chi connectivity index (χ4v) is 6.76. The van der Waals surface area contributed by atoms with Gasteiger partial charge in [-0.1, -0.05) is 147 Å². The molecule has 0 N–H and O–H groups in total. The van der Waals surface area contributed by atoms with Gasteiger partial charge in [0.2, 0.25) is 0 Å². The molecule has 0 aliphatic carbocycles. The Kier molecular flexibility index (Phi) is 37.5.